The Balaban J connectivity index is 2.18. The molecule has 0 radical (unpaired) electrons. The maximum Gasteiger partial charge on any atom is 0.257 e. The van der Waals surface area contributed by atoms with Crippen molar-refractivity contribution in [3.05, 3.63) is 12.4 Å². The number of nitrogen functional groups attached to an aromatic ring is 1. The lowest BCUT2D eigenvalue weighted by atomic mass is 10.2. The second-order valence-corrected chi connectivity index (χ2v) is 3.56. The van der Waals surface area contributed by atoms with Crippen LogP contribution in [0.3, 0.4) is 0 Å². The zero-order chi connectivity index (χ0) is 11.1. The van der Waals surface area contributed by atoms with Gasteiger partial charge in [0.2, 0.25) is 0 Å². The summed E-state index contributed by atoms with van der Waals surface area (Å²) >= 11 is 0. The number of nitrogens with two attached hydrogens (primary N) is 1. The SMILES string of the molecule is CC(C)COCCOc1nccnc1N. The second-order valence-electron chi connectivity index (χ2n) is 3.56. The van der Waals surface area contributed by atoms with Gasteiger partial charge in [0.05, 0.1) is 6.61 Å². The van der Waals surface area contributed by atoms with Crippen LogP contribution in [0, 0.1) is 5.92 Å². The molecule has 0 fully saturated rings. The first-order chi connectivity index (χ1) is 7.20. The molecule has 0 unspecified atom stereocenters. The van der Waals surface area contributed by atoms with Crippen LogP contribution in [0.5, 0.6) is 5.88 Å². The van der Waals surface area contributed by atoms with Crippen molar-refractivity contribution < 1.29 is 9.47 Å². The minimum Gasteiger partial charge on any atom is -0.473 e. The Morgan fingerprint density at radius 3 is 2.67 bits per heavy atom. The second kappa shape index (κ2) is 6.19. The predicted octanol–water partition coefficient (Wildman–Crippen LogP) is 1.11. The van der Waals surface area contributed by atoms with Crippen LogP contribution in [-0.2, 0) is 4.74 Å². The molecule has 0 atom stereocenters. The lowest BCUT2D eigenvalue weighted by Gasteiger charge is -2.08. The molecule has 0 aromatic carbocycles. The number of anilines is 1. The third-order valence-corrected chi connectivity index (χ3v) is 1.61. The molecule has 1 rings (SSSR count). The van der Waals surface area contributed by atoms with Gasteiger partial charge in [-0.2, -0.15) is 0 Å². The summed E-state index contributed by atoms with van der Waals surface area (Å²) in [6, 6.07) is 0. The van der Waals surface area contributed by atoms with Crippen LogP contribution in [0.15, 0.2) is 12.4 Å². The Kier molecular flexibility index (Phi) is 4.83. The average molecular weight is 211 g/mol. The highest BCUT2D eigenvalue weighted by molar-refractivity contribution is 5.38. The Bertz CT molecular complexity index is 292. The molecular weight excluding hydrogens is 194 g/mol. The maximum atomic E-state index is 5.54. The third-order valence-electron chi connectivity index (χ3n) is 1.61. The molecule has 0 saturated heterocycles. The molecule has 1 heterocycles. The van der Waals surface area contributed by atoms with E-state index in [2.05, 4.69) is 23.8 Å². The lowest BCUT2D eigenvalue weighted by molar-refractivity contribution is 0.0807. The van der Waals surface area contributed by atoms with Gasteiger partial charge in [-0.05, 0) is 5.92 Å². The fourth-order valence-electron chi connectivity index (χ4n) is 0.964. The minimum atomic E-state index is 0.307. The Hall–Kier alpha value is -1.36. The zero-order valence-corrected chi connectivity index (χ0v) is 9.14. The van der Waals surface area contributed by atoms with E-state index in [0.717, 1.165) is 6.61 Å². The molecule has 5 nitrogen and oxygen atoms in total. The van der Waals surface area contributed by atoms with Crippen LogP contribution in [0.2, 0.25) is 0 Å². The molecule has 0 aliphatic rings. The van der Waals surface area contributed by atoms with Crippen LogP contribution in [0.1, 0.15) is 13.8 Å². The smallest absolute Gasteiger partial charge is 0.257 e. The third kappa shape index (κ3) is 4.60. The van der Waals surface area contributed by atoms with E-state index in [4.69, 9.17) is 15.2 Å². The normalized spacial score (nSPS) is 10.6. The van der Waals surface area contributed by atoms with E-state index >= 15 is 0 Å². The molecule has 15 heavy (non-hydrogen) atoms. The van der Waals surface area contributed by atoms with Crippen LogP contribution in [0.25, 0.3) is 0 Å². The molecular formula is C10H17N3O2. The van der Waals surface area contributed by atoms with Gasteiger partial charge in [-0.25, -0.2) is 9.97 Å². The van der Waals surface area contributed by atoms with Crippen molar-refractivity contribution in [3.63, 3.8) is 0 Å². The summed E-state index contributed by atoms with van der Waals surface area (Å²) in [5, 5.41) is 0. The summed E-state index contributed by atoms with van der Waals surface area (Å²) in [4.78, 5) is 7.80. The van der Waals surface area contributed by atoms with Crippen LogP contribution >= 0.6 is 0 Å². The van der Waals surface area contributed by atoms with Crippen LogP contribution in [0.4, 0.5) is 5.82 Å². The quantitative estimate of drug-likeness (QED) is 0.714. The van der Waals surface area contributed by atoms with Crippen LogP contribution < -0.4 is 10.5 Å². The van der Waals surface area contributed by atoms with E-state index in [-0.39, 0.29) is 0 Å². The highest BCUT2D eigenvalue weighted by Crippen LogP contribution is 2.12. The van der Waals surface area contributed by atoms with Gasteiger partial charge in [-0.3, -0.25) is 0 Å². The molecule has 0 spiro atoms. The van der Waals surface area contributed by atoms with Gasteiger partial charge in [0.1, 0.15) is 6.61 Å². The van der Waals surface area contributed by atoms with Crippen molar-refractivity contribution >= 4 is 5.82 Å². The van der Waals surface area contributed by atoms with E-state index < -0.39 is 0 Å². The van der Waals surface area contributed by atoms with Gasteiger partial charge in [-0.15, -0.1) is 0 Å². The largest absolute Gasteiger partial charge is 0.473 e. The molecule has 2 N–H and O–H groups in total. The maximum absolute atomic E-state index is 5.54. The first-order valence-electron chi connectivity index (χ1n) is 4.97. The lowest BCUT2D eigenvalue weighted by Crippen LogP contribution is -2.11. The predicted molar refractivity (Wildman–Crippen MR) is 57.6 cm³/mol. The Morgan fingerprint density at radius 1 is 1.27 bits per heavy atom. The van der Waals surface area contributed by atoms with E-state index in [1.165, 1.54) is 6.20 Å². The van der Waals surface area contributed by atoms with Crippen molar-refractivity contribution in [2.75, 3.05) is 25.6 Å². The van der Waals surface area contributed by atoms with Crippen molar-refractivity contribution in [1.29, 1.82) is 0 Å². The number of hydrogen-bond acceptors (Lipinski definition) is 5. The summed E-state index contributed by atoms with van der Waals surface area (Å²) < 4.78 is 10.6. The zero-order valence-electron chi connectivity index (χ0n) is 9.14. The van der Waals surface area contributed by atoms with E-state index in [1.807, 2.05) is 0 Å². The monoisotopic (exact) mass is 211 g/mol. The minimum absolute atomic E-state index is 0.307. The van der Waals surface area contributed by atoms with Crippen molar-refractivity contribution in [2.45, 2.75) is 13.8 Å². The number of hydrogen-bond donors (Lipinski definition) is 1. The molecule has 1 aromatic rings. The summed E-state index contributed by atoms with van der Waals surface area (Å²) in [6.07, 6.45) is 3.07. The standard InChI is InChI=1S/C10H17N3O2/c1-8(2)7-14-5-6-15-10-9(11)12-3-4-13-10/h3-4,8H,5-7H2,1-2H3,(H2,11,12). The number of aromatic nitrogens is 2. The average Bonchev–Trinajstić information content (AvgIpc) is 2.20. The first-order valence-corrected chi connectivity index (χ1v) is 4.97. The first kappa shape index (κ1) is 11.7. The Morgan fingerprint density at radius 2 is 2.00 bits per heavy atom. The topological polar surface area (TPSA) is 70.3 Å². The van der Waals surface area contributed by atoms with E-state index in [0.29, 0.717) is 30.8 Å². The van der Waals surface area contributed by atoms with Gasteiger partial charge in [0, 0.05) is 19.0 Å². The molecule has 0 amide bonds. The number of ether oxygens (including phenoxy) is 2. The van der Waals surface area contributed by atoms with Crippen molar-refractivity contribution in [1.82, 2.24) is 9.97 Å². The van der Waals surface area contributed by atoms with Crippen LogP contribution in [-0.4, -0.2) is 29.8 Å². The number of nitrogens with zero attached hydrogens (tertiary/aromatic N) is 2. The van der Waals surface area contributed by atoms with Crippen molar-refractivity contribution in [2.24, 2.45) is 5.92 Å². The van der Waals surface area contributed by atoms with Gasteiger partial charge in [0.25, 0.3) is 5.88 Å². The molecule has 0 aliphatic carbocycles. The fraction of sp³-hybridized carbons (Fsp3) is 0.600. The molecule has 84 valence electrons. The molecule has 0 bridgehead atoms. The van der Waals surface area contributed by atoms with Gasteiger partial charge in [-0.1, -0.05) is 13.8 Å². The molecule has 5 heteroatoms. The van der Waals surface area contributed by atoms with Gasteiger partial charge < -0.3 is 15.2 Å². The fourth-order valence-corrected chi connectivity index (χ4v) is 0.964. The highest BCUT2D eigenvalue weighted by Gasteiger charge is 2.01. The summed E-state index contributed by atoms with van der Waals surface area (Å²) in [5.74, 6) is 1.21. The number of rotatable bonds is 6. The molecule has 0 aliphatic heterocycles. The highest BCUT2D eigenvalue weighted by atomic mass is 16.5. The van der Waals surface area contributed by atoms with Gasteiger partial charge >= 0.3 is 0 Å². The Labute approximate surface area is 89.6 Å². The molecule has 0 saturated carbocycles. The summed E-state index contributed by atoms with van der Waals surface area (Å²) in [7, 11) is 0. The molecule has 1 aromatic heterocycles. The van der Waals surface area contributed by atoms with E-state index in [9.17, 15) is 0 Å². The summed E-state index contributed by atoms with van der Waals surface area (Å²) in [6.45, 7) is 5.91. The van der Waals surface area contributed by atoms with Gasteiger partial charge in [0.15, 0.2) is 5.82 Å². The summed E-state index contributed by atoms with van der Waals surface area (Å²) in [5.41, 5.74) is 5.54. The van der Waals surface area contributed by atoms with E-state index in [1.54, 1.807) is 6.20 Å². The van der Waals surface area contributed by atoms with Crippen molar-refractivity contribution in [3.8, 4) is 5.88 Å².